The molecule has 0 saturated heterocycles. The van der Waals surface area contributed by atoms with Gasteiger partial charge in [0.2, 0.25) is 0 Å². The van der Waals surface area contributed by atoms with Crippen LogP contribution in [-0.4, -0.2) is 30.3 Å². The molecule has 1 aromatic carbocycles. The van der Waals surface area contributed by atoms with Crippen LogP contribution in [0.15, 0.2) is 42.7 Å². The van der Waals surface area contributed by atoms with Gasteiger partial charge >= 0.3 is 0 Å². The number of pyridine rings is 1. The van der Waals surface area contributed by atoms with E-state index in [1.807, 2.05) is 55.5 Å². The molecule has 1 aromatic heterocycles. The van der Waals surface area contributed by atoms with Crippen molar-refractivity contribution in [1.82, 2.24) is 9.88 Å². The first kappa shape index (κ1) is 11.3. The normalized spacial score (nSPS) is 11.5. The second-order valence-electron chi connectivity index (χ2n) is 4.04. The van der Waals surface area contributed by atoms with E-state index < -0.39 is 0 Å². The van der Waals surface area contributed by atoms with E-state index in [4.69, 9.17) is 0 Å². The van der Waals surface area contributed by atoms with Crippen molar-refractivity contribution in [2.45, 2.75) is 0 Å². The molecular formula is C14H14N2O. The summed E-state index contributed by atoms with van der Waals surface area (Å²) in [4.78, 5) is 17.3. The number of carbonyl (C=O) groups excluding carboxylic acids is 1. The fraction of sp³-hybridized carbons (Fsp3) is 0.143. The SMILES string of the molecule is CN(C)/C=C(/C=O)c1ccnc2ccccc12. The Hall–Kier alpha value is -2.16. The lowest BCUT2D eigenvalue weighted by atomic mass is 10.0. The summed E-state index contributed by atoms with van der Waals surface area (Å²) in [5.74, 6) is 0. The number of hydrogen-bond donors (Lipinski definition) is 0. The average molecular weight is 226 g/mol. The molecule has 0 aliphatic carbocycles. The number of allylic oxidation sites excluding steroid dienone is 1. The first-order chi connectivity index (χ1) is 8.22. The number of hydrogen-bond acceptors (Lipinski definition) is 3. The molecule has 0 aliphatic heterocycles. The Morgan fingerprint density at radius 2 is 2.00 bits per heavy atom. The fourth-order valence-electron chi connectivity index (χ4n) is 1.79. The summed E-state index contributed by atoms with van der Waals surface area (Å²) in [5.41, 5.74) is 2.48. The van der Waals surface area contributed by atoms with Gasteiger partial charge in [-0.2, -0.15) is 0 Å². The fourth-order valence-corrected chi connectivity index (χ4v) is 1.79. The molecule has 0 amide bonds. The number of rotatable bonds is 3. The molecule has 0 fully saturated rings. The van der Waals surface area contributed by atoms with Crippen molar-refractivity contribution in [2.75, 3.05) is 14.1 Å². The molecule has 2 rings (SSSR count). The molecule has 1 heterocycles. The summed E-state index contributed by atoms with van der Waals surface area (Å²) >= 11 is 0. The minimum Gasteiger partial charge on any atom is -0.383 e. The Kier molecular flexibility index (Phi) is 3.19. The van der Waals surface area contributed by atoms with E-state index in [-0.39, 0.29) is 0 Å². The number of benzene rings is 1. The summed E-state index contributed by atoms with van der Waals surface area (Å²) in [6.07, 6.45) is 4.42. The highest BCUT2D eigenvalue weighted by atomic mass is 16.1. The van der Waals surface area contributed by atoms with E-state index in [1.54, 1.807) is 6.20 Å². The largest absolute Gasteiger partial charge is 0.383 e. The third-order valence-corrected chi connectivity index (χ3v) is 2.48. The van der Waals surface area contributed by atoms with Crippen molar-refractivity contribution in [3.63, 3.8) is 0 Å². The van der Waals surface area contributed by atoms with Crippen molar-refractivity contribution in [2.24, 2.45) is 0 Å². The van der Waals surface area contributed by atoms with E-state index in [9.17, 15) is 4.79 Å². The van der Waals surface area contributed by atoms with E-state index in [0.29, 0.717) is 5.57 Å². The highest BCUT2D eigenvalue weighted by Gasteiger charge is 2.06. The molecule has 3 heteroatoms. The van der Waals surface area contributed by atoms with Crippen molar-refractivity contribution in [3.05, 3.63) is 48.3 Å². The zero-order chi connectivity index (χ0) is 12.3. The first-order valence-corrected chi connectivity index (χ1v) is 5.40. The number of para-hydroxylation sites is 1. The highest BCUT2D eigenvalue weighted by Crippen LogP contribution is 2.22. The van der Waals surface area contributed by atoms with Crippen LogP contribution >= 0.6 is 0 Å². The summed E-state index contributed by atoms with van der Waals surface area (Å²) in [7, 11) is 3.79. The van der Waals surface area contributed by atoms with E-state index >= 15 is 0 Å². The highest BCUT2D eigenvalue weighted by molar-refractivity contribution is 6.12. The van der Waals surface area contributed by atoms with Crippen LogP contribution in [-0.2, 0) is 4.79 Å². The maximum atomic E-state index is 11.2. The van der Waals surface area contributed by atoms with Crippen molar-refractivity contribution >= 4 is 22.8 Å². The van der Waals surface area contributed by atoms with Crippen molar-refractivity contribution in [1.29, 1.82) is 0 Å². The van der Waals surface area contributed by atoms with E-state index in [2.05, 4.69) is 4.98 Å². The lowest BCUT2D eigenvalue weighted by Gasteiger charge is -2.09. The van der Waals surface area contributed by atoms with Gasteiger partial charge in [-0.05, 0) is 17.7 Å². The number of fused-ring (bicyclic) bond motifs is 1. The maximum absolute atomic E-state index is 11.2. The van der Waals surface area contributed by atoms with Gasteiger partial charge in [0, 0.05) is 37.5 Å². The molecule has 0 unspecified atom stereocenters. The minimum atomic E-state index is 0.661. The summed E-state index contributed by atoms with van der Waals surface area (Å²) in [6, 6.07) is 9.68. The molecule has 0 spiro atoms. The third-order valence-electron chi connectivity index (χ3n) is 2.48. The van der Waals surface area contributed by atoms with Crippen LogP contribution in [0, 0.1) is 0 Å². The zero-order valence-corrected chi connectivity index (χ0v) is 9.92. The number of nitrogens with zero attached hydrogens (tertiary/aromatic N) is 2. The molecule has 17 heavy (non-hydrogen) atoms. The molecule has 0 radical (unpaired) electrons. The van der Waals surface area contributed by atoms with Gasteiger partial charge in [-0.1, -0.05) is 18.2 Å². The first-order valence-electron chi connectivity index (χ1n) is 5.40. The Morgan fingerprint density at radius 1 is 1.24 bits per heavy atom. The van der Waals surface area contributed by atoms with Gasteiger partial charge in [-0.15, -0.1) is 0 Å². The van der Waals surface area contributed by atoms with Gasteiger partial charge in [-0.25, -0.2) is 0 Å². The zero-order valence-electron chi connectivity index (χ0n) is 9.92. The van der Waals surface area contributed by atoms with Crippen LogP contribution in [0.4, 0.5) is 0 Å². The standard InChI is InChI=1S/C14H14N2O/c1-16(2)9-11(10-17)12-7-8-15-14-6-4-3-5-13(12)14/h3-10H,1-2H3/b11-9-. The molecule has 3 nitrogen and oxygen atoms in total. The monoisotopic (exact) mass is 226 g/mol. The Labute approximate surface area is 100 Å². The Morgan fingerprint density at radius 3 is 2.71 bits per heavy atom. The Bertz CT molecular complexity index is 568. The topological polar surface area (TPSA) is 33.2 Å². The van der Waals surface area contributed by atoms with E-state index in [0.717, 1.165) is 22.8 Å². The van der Waals surface area contributed by atoms with Crippen LogP contribution in [0.25, 0.3) is 16.5 Å². The van der Waals surface area contributed by atoms with Crippen LogP contribution in [0.2, 0.25) is 0 Å². The van der Waals surface area contributed by atoms with Crippen LogP contribution in [0.5, 0.6) is 0 Å². The second kappa shape index (κ2) is 4.78. The number of carbonyl (C=O) groups is 1. The molecule has 2 aromatic rings. The predicted octanol–water partition coefficient (Wildman–Crippen LogP) is 2.34. The molecule has 0 bridgehead atoms. The molecular weight excluding hydrogens is 212 g/mol. The van der Waals surface area contributed by atoms with Crippen LogP contribution < -0.4 is 0 Å². The van der Waals surface area contributed by atoms with Crippen LogP contribution in [0.1, 0.15) is 5.56 Å². The lowest BCUT2D eigenvalue weighted by Crippen LogP contribution is -2.03. The van der Waals surface area contributed by atoms with Gasteiger partial charge in [0.25, 0.3) is 0 Å². The summed E-state index contributed by atoms with van der Waals surface area (Å²) < 4.78 is 0. The van der Waals surface area contributed by atoms with Gasteiger partial charge < -0.3 is 4.90 Å². The molecule has 0 saturated carbocycles. The lowest BCUT2D eigenvalue weighted by molar-refractivity contribution is -0.103. The number of aldehydes is 1. The molecule has 0 aliphatic rings. The average Bonchev–Trinajstić information content (AvgIpc) is 2.35. The van der Waals surface area contributed by atoms with Crippen LogP contribution in [0.3, 0.4) is 0 Å². The van der Waals surface area contributed by atoms with Crippen molar-refractivity contribution < 1.29 is 4.79 Å². The van der Waals surface area contributed by atoms with Gasteiger partial charge in [0.1, 0.15) is 0 Å². The molecule has 86 valence electrons. The number of aromatic nitrogens is 1. The quantitative estimate of drug-likeness (QED) is 0.595. The maximum Gasteiger partial charge on any atom is 0.152 e. The van der Waals surface area contributed by atoms with Gasteiger partial charge in [-0.3, -0.25) is 9.78 Å². The van der Waals surface area contributed by atoms with Crippen molar-refractivity contribution in [3.8, 4) is 0 Å². The minimum absolute atomic E-state index is 0.661. The smallest absolute Gasteiger partial charge is 0.152 e. The van der Waals surface area contributed by atoms with Gasteiger partial charge in [0.05, 0.1) is 5.52 Å². The molecule has 0 N–H and O–H groups in total. The predicted molar refractivity (Wildman–Crippen MR) is 69.5 cm³/mol. The third kappa shape index (κ3) is 2.33. The molecule has 0 atom stereocenters. The van der Waals surface area contributed by atoms with Gasteiger partial charge in [0.15, 0.2) is 6.29 Å². The Balaban J connectivity index is 2.65. The summed E-state index contributed by atoms with van der Waals surface area (Å²) in [6.45, 7) is 0. The van der Waals surface area contributed by atoms with E-state index in [1.165, 1.54) is 0 Å². The summed E-state index contributed by atoms with van der Waals surface area (Å²) in [5, 5.41) is 0.996. The second-order valence-corrected chi connectivity index (χ2v) is 4.04.